The van der Waals surface area contributed by atoms with E-state index in [1.54, 1.807) is 6.07 Å². The van der Waals surface area contributed by atoms with Crippen molar-refractivity contribution < 1.29 is 41.7 Å². The fourth-order valence-electron chi connectivity index (χ4n) is 4.88. The van der Waals surface area contributed by atoms with Crippen LogP contribution in [0.15, 0.2) is 81.8 Å². The number of rotatable bonds is 14. The van der Waals surface area contributed by atoms with Gasteiger partial charge < -0.3 is 19.4 Å². The van der Waals surface area contributed by atoms with Crippen molar-refractivity contribution >= 4 is 21.8 Å². The molecule has 0 spiro atoms. The molecule has 12 heteroatoms. The second-order valence-electron chi connectivity index (χ2n) is 10.3. The molecule has 0 radical (unpaired) electrons. The van der Waals surface area contributed by atoms with Crippen molar-refractivity contribution in [2.24, 2.45) is 17.3 Å². The van der Waals surface area contributed by atoms with Gasteiger partial charge in [0, 0.05) is 0 Å². The summed E-state index contributed by atoms with van der Waals surface area (Å²) in [6.07, 6.45) is 4.33. The molecule has 0 bridgehead atoms. The lowest BCUT2D eigenvalue weighted by Crippen LogP contribution is -2.34. The van der Waals surface area contributed by atoms with Gasteiger partial charge in [-0.05, 0) is 66.0 Å². The Labute approximate surface area is 239 Å². The van der Waals surface area contributed by atoms with E-state index in [-0.39, 0.29) is 59.7 Å². The molecule has 1 aliphatic rings. The third-order valence-electron chi connectivity index (χ3n) is 7.38. The molecule has 0 amide bonds. The van der Waals surface area contributed by atoms with Crippen LogP contribution in [0.3, 0.4) is 0 Å². The number of benzene rings is 1. The highest BCUT2D eigenvalue weighted by molar-refractivity contribution is 7.91. The van der Waals surface area contributed by atoms with Crippen molar-refractivity contribution in [2.45, 2.75) is 55.9 Å². The fourth-order valence-corrected chi connectivity index (χ4v) is 6.18. The van der Waals surface area contributed by atoms with E-state index in [1.165, 1.54) is 24.3 Å². The van der Waals surface area contributed by atoms with Crippen molar-refractivity contribution in [1.82, 2.24) is 5.16 Å². The van der Waals surface area contributed by atoms with Crippen molar-refractivity contribution in [1.29, 1.82) is 0 Å². The summed E-state index contributed by atoms with van der Waals surface area (Å²) in [6.45, 7) is 15.9. The maximum absolute atomic E-state index is 12.7. The molecule has 1 aliphatic carbocycles. The van der Waals surface area contributed by atoms with Gasteiger partial charge >= 0.3 is 22.8 Å². The Hall–Kier alpha value is -3.93. The molecular weight excluding hydrogens is 552 g/mol. The third kappa shape index (κ3) is 7.84. The van der Waals surface area contributed by atoms with E-state index in [9.17, 15) is 23.2 Å². The van der Waals surface area contributed by atoms with Crippen LogP contribution in [0.4, 0.5) is 0 Å². The molecule has 3 atom stereocenters. The number of nitrogens with zero attached hydrogens (tertiary/aromatic N) is 2. The SMILES string of the molecule is C=C[C@]1(C)CC[C@@H](C(=C)COC(=O)CCC(=O)OCCOc2no[n+]([O-])c2S(=O)(=O)c2ccccc2)C[C@H]1C(=C)C. The minimum atomic E-state index is -4.26. The lowest BCUT2D eigenvalue weighted by Gasteiger charge is -2.43. The van der Waals surface area contributed by atoms with E-state index in [0.717, 1.165) is 30.4 Å². The largest absolute Gasteiger partial charge is 0.462 e. The van der Waals surface area contributed by atoms with Crippen molar-refractivity contribution in [3.8, 4) is 5.88 Å². The van der Waals surface area contributed by atoms with Gasteiger partial charge in [-0.25, -0.2) is 8.42 Å². The number of esters is 2. The van der Waals surface area contributed by atoms with Gasteiger partial charge in [-0.3, -0.25) is 14.2 Å². The first-order chi connectivity index (χ1) is 19.4. The molecule has 1 aromatic carbocycles. The van der Waals surface area contributed by atoms with Gasteiger partial charge in [0.2, 0.25) is 0 Å². The maximum Gasteiger partial charge on any atom is 0.415 e. The molecule has 2 aromatic rings. The van der Waals surface area contributed by atoms with Gasteiger partial charge in [0.1, 0.15) is 19.8 Å². The topological polar surface area (TPSA) is 149 Å². The van der Waals surface area contributed by atoms with Crippen LogP contribution in [-0.2, 0) is 28.9 Å². The molecule has 3 rings (SSSR count). The molecule has 0 N–H and O–H groups in total. The Morgan fingerprint density at radius 1 is 1.17 bits per heavy atom. The van der Waals surface area contributed by atoms with Crippen LogP contribution < -0.4 is 9.64 Å². The summed E-state index contributed by atoms with van der Waals surface area (Å²) in [6, 6.07) is 7.23. The highest BCUT2D eigenvalue weighted by Gasteiger charge is 2.39. The molecule has 1 fully saturated rings. The van der Waals surface area contributed by atoms with Crippen molar-refractivity contribution in [3.05, 3.63) is 72.5 Å². The summed E-state index contributed by atoms with van der Waals surface area (Å²) in [4.78, 5) is 23.8. The van der Waals surface area contributed by atoms with Crippen LogP contribution in [0.1, 0.15) is 46.0 Å². The van der Waals surface area contributed by atoms with Crippen molar-refractivity contribution in [3.63, 3.8) is 0 Å². The Morgan fingerprint density at radius 3 is 2.46 bits per heavy atom. The third-order valence-corrected chi connectivity index (χ3v) is 9.10. The van der Waals surface area contributed by atoms with Crippen molar-refractivity contribution in [2.75, 3.05) is 19.8 Å². The molecule has 222 valence electrons. The molecule has 0 saturated heterocycles. The first-order valence-electron chi connectivity index (χ1n) is 13.2. The summed E-state index contributed by atoms with van der Waals surface area (Å²) < 4.78 is 45.4. The van der Waals surface area contributed by atoms with E-state index in [2.05, 4.69) is 36.4 Å². The minimum absolute atomic E-state index is 0.0141. The monoisotopic (exact) mass is 588 g/mol. The minimum Gasteiger partial charge on any atom is -0.462 e. The van der Waals surface area contributed by atoms with Crippen LogP contribution in [-0.4, -0.2) is 45.3 Å². The summed E-state index contributed by atoms with van der Waals surface area (Å²) in [5.74, 6) is -1.33. The second kappa shape index (κ2) is 13.6. The number of sulfone groups is 1. The predicted octanol–water partition coefficient (Wildman–Crippen LogP) is 4.13. The van der Waals surface area contributed by atoms with Gasteiger partial charge in [0.15, 0.2) is 0 Å². The second-order valence-corrected chi connectivity index (χ2v) is 12.2. The average molecular weight is 589 g/mol. The number of allylic oxidation sites excluding steroid dienone is 2. The summed E-state index contributed by atoms with van der Waals surface area (Å²) in [7, 11) is -4.26. The number of carbonyl (C=O) groups is 2. The van der Waals surface area contributed by atoms with Gasteiger partial charge in [-0.2, -0.15) is 0 Å². The molecule has 11 nitrogen and oxygen atoms in total. The smallest absolute Gasteiger partial charge is 0.415 e. The van der Waals surface area contributed by atoms with Gasteiger partial charge in [0.25, 0.3) is 9.84 Å². The average Bonchev–Trinajstić information content (AvgIpc) is 3.34. The summed E-state index contributed by atoms with van der Waals surface area (Å²) in [5.41, 5.74) is 1.91. The number of carbonyl (C=O) groups excluding carboxylic acids is 2. The van der Waals surface area contributed by atoms with Crippen LogP contribution in [0.5, 0.6) is 5.88 Å². The normalized spacial score (nSPS) is 20.5. The molecule has 1 aromatic heterocycles. The number of hydrogen-bond acceptors (Lipinski definition) is 10. The number of ether oxygens (including phenoxy) is 3. The molecule has 0 aliphatic heterocycles. The molecule has 1 heterocycles. The zero-order valence-corrected chi connectivity index (χ0v) is 24.2. The fraction of sp³-hybridized carbons (Fsp3) is 0.448. The van der Waals surface area contributed by atoms with E-state index >= 15 is 0 Å². The van der Waals surface area contributed by atoms with Crippen LogP contribution >= 0.6 is 0 Å². The summed E-state index contributed by atoms with van der Waals surface area (Å²) >= 11 is 0. The Balaban J connectivity index is 1.38. The molecular formula is C29H36N2O9S. The van der Waals surface area contributed by atoms with E-state index < -0.39 is 32.7 Å². The van der Waals surface area contributed by atoms with E-state index in [0.29, 0.717) is 0 Å². The zero-order chi connectivity index (χ0) is 30.2. The quantitative estimate of drug-likeness (QED) is 0.136. The van der Waals surface area contributed by atoms with E-state index in [4.69, 9.17) is 14.2 Å². The van der Waals surface area contributed by atoms with Crippen LogP contribution in [0.25, 0.3) is 0 Å². The number of hydrogen-bond donors (Lipinski definition) is 0. The molecule has 41 heavy (non-hydrogen) atoms. The Morgan fingerprint density at radius 2 is 1.83 bits per heavy atom. The van der Waals surface area contributed by atoms with Crippen LogP contribution in [0, 0.1) is 22.5 Å². The Bertz CT molecular complexity index is 1380. The van der Waals surface area contributed by atoms with Gasteiger partial charge in [0.05, 0.1) is 22.9 Å². The first kappa shape index (κ1) is 31.6. The summed E-state index contributed by atoms with van der Waals surface area (Å²) in [5, 5.41) is 14.4. The molecule has 0 unspecified atom stereocenters. The zero-order valence-electron chi connectivity index (χ0n) is 23.4. The lowest BCUT2D eigenvalue weighted by atomic mass is 9.61. The highest BCUT2D eigenvalue weighted by Crippen LogP contribution is 2.48. The number of aromatic nitrogens is 2. The predicted molar refractivity (Wildman–Crippen MR) is 147 cm³/mol. The molecule has 1 saturated carbocycles. The first-order valence-corrected chi connectivity index (χ1v) is 14.7. The van der Waals surface area contributed by atoms with E-state index in [1.807, 2.05) is 13.0 Å². The lowest BCUT2D eigenvalue weighted by molar-refractivity contribution is -0.832. The highest BCUT2D eigenvalue weighted by atomic mass is 32.2. The van der Waals surface area contributed by atoms with Gasteiger partial charge in [-0.1, -0.05) is 49.9 Å². The Kier molecular flexibility index (Phi) is 10.5. The maximum atomic E-state index is 12.7. The van der Waals surface area contributed by atoms with Crippen LogP contribution in [0.2, 0.25) is 0 Å². The van der Waals surface area contributed by atoms with Gasteiger partial charge in [-0.15, -0.1) is 6.58 Å². The standard InChI is InChI=1S/C29H36N2O9S/c1-6-29(5)15-14-22(18-24(29)20(2)3)21(4)19-39-26(33)13-12-25(32)37-16-17-38-27-28(31(34)40-30-27)41(35,36)23-10-8-7-9-11-23/h6-11,22,24H,1-2,4,12-19H2,3,5H3/t22-,24+,29-/m1/s1.